The highest BCUT2D eigenvalue weighted by Gasteiger charge is 2.36. The van der Waals surface area contributed by atoms with E-state index in [1.807, 2.05) is 30.5 Å². The third-order valence-electron chi connectivity index (χ3n) is 4.64. The van der Waals surface area contributed by atoms with E-state index in [2.05, 4.69) is 26.6 Å². The highest BCUT2D eigenvalue weighted by molar-refractivity contribution is 5.94. The molecule has 1 aliphatic carbocycles. The lowest BCUT2D eigenvalue weighted by atomic mass is 9.75. The van der Waals surface area contributed by atoms with Crippen molar-refractivity contribution in [3.05, 3.63) is 60.0 Å². The van der Waals surface area contributed by atoms with E-state index in [0.717, 1.165) is 16.5 Å². The molecule has 1 saturated carbocycles. The Morgan fingerprint density at radius 2 is 2.12 bits per heavy atom. The van der Waals surface area contributed by atoms with Crippen LogP contribution in [0.1, 0.15) is 34.8 Å². The molecule has 1 aromatic carbocycles. The normalized spacial score (nSPS) is 21.2. The molecule has 1 aliphatic rings. The number of hydrogen-bond acceptors (Lipinski definition) is 4. The number of amides is 1. The van der Waals surface area contributed by atoms with Gasteiger partial charge in [0.2, 0.25) is 0 Å². The van der Waals surface area contributed by atoms with E-state index in [1.54, 1.807) is 6.20 Å². The average Bonchev–Trinajstić information content (AvgIpc) is 3.11. The molecule has 0 spiro atoms. The monoisotopic (exact) mass is 322 g/mol. The van der Waals surface area contributed by atoms with E-state index in [-0.39, 0.29) is 24.0 Å². The molecular formula is C18H18N4O2. The van der Waals surface area contributed by atoms with Crippen LogP contribution in [0.3, 0.4) is 0 Å². The highest BCUT2D eigenvalue weighted by Crippen LogP contribution is 2.38. The maximum absolute atomic E-state index is 12.4. The van der Waals surface area contributed by atoms with Crippen molar-refractivity contribution >= 4 is 16.8 Å². The molecule has 4 rings (SSSR count). The largest absolute Gasteiger partial charge is 0.393 e. The lowest BCUT2D eigenvalue weighted by molar-refractivity contribution is 0.0235. The molecule has 0 aliphatic heterocycles. The second-order valence-electron chi connectivity index (χ2n) is 6.28. The van der Waals surface area contributed by atoms with Gasteiger partial charge in [0, 0.05) is 17.8 Å². The van der Waals surface area contributed by atoms with E-state index in [4.69, 9.17) is 0 Å². The molecule has 2 aromatic heterocycles. The van der Waals surface area contributed by atoms with Crippen molar-refractivity contribution in [3.8, 4) is 0 Å². The highest BCUT2D eigenvalue weighted by atomic mass is 16.3. The smallest absolute Gasteiger partial charge is 0.254 e. The number of fused-ring (bicyclic) bond motifs is 1. The van der Waals surface area contributed by atoms with Gasteiger partial charge in [0.1, 0.15) is 0 Å². The molecule has 2 heterocycles. The standard InChI is InChI=1S/C18H18N4O2/c23-15-6-12(7-15)17(22-18(24)14-9-20-21-10-14)13-5-11-3-1-2-4-16(11)19-8-13/h1-5,8-10,12,15,17,23H,6-7H2,(H,20,21)(H,22,24)/t12?,15?,17-/m0/s1. The number of aromatic nitrogens is 3. The summed E-state index contributed by atoms with van der Waals surface area (Å²) in [7, 11) is 0. The second-order valence-corrected chi connectivity index (χ2v) is 6.28. The van der Waals surface area contributed by atoms with Gasteiger partial charge in [-0.2, -0.15) is 5.10 Å². The van der Waals surface area contributed by atoms with Crippen LogP contribution in [-0.4, -0.2) is 32.3 Å². The first kappa shape index (κ1) is 14.8. The Morgan fingerprint density at radius 1 is 1.29 bits per heavy atom. The van der Waals surface area contributed by atoms with Gasteiger partial charge in [-0.15, -0.1) is 0 Å². The van der Waals surface area contributed by atoms with Gasteiger partial charge >= 0.3 is 0 Å². The van der Waals surface area contributed by atoms with Crippen LogP contribution in [0.5, 0.6) is 0 Å². The summed E-state index contributed by atoms with van der Waals surface area (Å²) < 4.78 is 0. The number of aliphatic hydroxyl groups excluding tert-OH is 1. The molecule has 0 bridgehead atoms. The number of pyridine rings is 1. The number of rotatable bonds is 4. The predicted octanol–water partition coefficient (Wildman–Crippen LogP) is 2.20. The molecule has 6 nitrogen and oxygen atoms in total. The number of hydrogen-bond donors (Lipinski definition) is 3. The zero-order valence-electron chi connectivity index (χ0n) is 13.0. The van der Waals surface area contributed by atoms with E-state index in [0.29, 0.717) is 18.4 Å². The van der Waals surface area contributed by atoms with Crippen molar-refractivity contribution in [3.63, 3.8) is 0 Å². The van der Waals surface area contributed by atoms with Gasteiger partial charge in [0.25, 0.3) is 5.91 Å². The molecule has 1 fully saturated rings. The van der Waals surface area contributed by atoms with Crippen LogP contribution < -0.4 is 5.32 Å². The summed E-state index contributed by atoms with van der Waals surface area (Å²) in [6.45, 7) is 0. The summed E-state index contributed by atoms with van der Waals surface area (Å²) >= 11 is 0. The van der Waals surface area contributed by atoms with Gasteiger partial charge in [-0.25, -0.2) is 0 Å². The third kappa shape index (κ3) is 2.76. The number of para-hydroxylation sites is 1. The fraction of sp³-hybridized carbons (Fsp3) is 0.278. The van der Waals surface area contributed by atoms with Gasteiger partial charge in [0.05, 0.1) is 29.4 Å². The number of nitrogens with one attached hydrogen (secondary N) is 2. The molecule has 24 heavy (non-hydrogen) atoms. The number of nitrogens with zero attached hydrogens (tertiary/aromatic N) is 2. The molecule has 3 N–H and O–H groups in total. The number of H-pyrrole nitrogens is 1. The summed E-state index contributed by atoms with van der Waals surface area (Å²) in [5, 5.41) is 20.2. The van der Waals surface area contributed by atoms with Crippen molar-refractivity contribution in [1.29, 1.82) is 0 Å². The summed E-state index contributed by atoms with van der Waals surface area (Å²) in [5.74, 6) is 0.0297. The summed E-state index contributed by atoms with van der Waals surface area (Å²) in [6.07, 6.45) is 5.97. The SMILES string of the molecule is O=C(N[C@H](c1cnc2ccccc2c1)C1CC(O)C1)c1cn[nH]c1. The number of carbonyl (C=O) groups is 1. The van der Waals surface area contributed by atoms with E-state index >= 15 is 0 Å². The predicted molar refractivity (Wildman–Crippen MR) is 89.3 cm³/mol. The van der Waals surface area contributed by atoms with E-state index in [9.17, 15) is 9.90 Å². The van der Waals surface area contributed by atoms with Gasteiger partial charge < -0.3 is 10.4 Å². The molecule has 1 atom stereocenters. The fourth-order valence-corrected chi connectivity index (χ4v) is 3.23. The van der Waals surface area contributed by atoms with Crippen molar-refractivity contribution in [2.24, 2.45) is 5.92 Å². The van der Waals surface area contributed by atoms with Crippen LogP contribution in [-0.2, 0) is 0 Å². The number of aromatic amines is 1. The molecular weight excluding hydrogens is 304 g/mol. The van der Waals surface area contributed by atoms with Crippen molar-refractivity contribution in [2.45, 2.75) is 25.0 Å². The van der Waals surface area contributed by atoms with Crippen LogP contribution >= 0.6 is 0 Å². The molecule has 122 valence electrons. The average molecular weight is 322 g/mol. The Balaban J connectivity index is 1.65. The van der Waals surface area contributed by atoms with E-state index < -0.39 is 0 Å². The fourth-order valence-electron chi connectivity index (χ4n) is 3.23. The molecule has 0 radical (unpaired) electrons. The Kier molecular flexibility index (Phi) is 3.74. The van der Waals surface area contributed by atoms with Crippen molar-refractivity contribution < 1.29 is 9.90 Å². The third-order valence-corrected chi connectivity index (χ3v) is 4.64. The van der Waals surface area contributed by atoms with Gasteiger partial charge in [-0.3, -0.25) is 14.9 Å². The van der Waals surface area contributed by atoms with E-state index in [1.165, 1.54) is 6.20 Å². The number of aliphatic hydroxyl groups is 1. The first-order valence-corrected chi connectivity index (χ1v) is 8.03. The molecule has 6 heteroatoms. The van der Waals surface area contributed by atoms with Crippen LogP contribution in [0.15, 0.2) is 48.9 Å². The second kappa shape index (κ2) is 6.05. The maximum atomic E-state index is 12.4. The number of benzene rings is 1. The van der Waals surface area contributed by atoms with Gasteiger partial charge in [-0.05, 0) is 36.5 Å². The quantitative estimate of drug-likeness (QED) is 0.687. The maximum Gasteiger partial charge on any atom is 0.254 e. The lowest BCUT2D eigenvalue weighted by Gasteiger charge is -2.38. The van der Waals surface area contributed by atoms with Crippen LogP contribution in [0.2, 0.25) is 0 Å². The Morgan fingerprint density at radius 3 is 2.88 bits per heavy atom. The van der Waals surface area contributed by atoms with Crippen LogP contribution in [0, 0.1) is 5.92 Å². The molecule has 3 aromatic rings. The lowest BCUT2D eigenvalue weighted by Crippen LogP contribution is -2.41. The summed E-state index contributed by atoms with van der Waals surface area (Å²) in [4.78, 5) is 16.9. The number of carbonyl (C=O) groups excluding carboxylic acids is 1. The first-order valence-electron chi connectivity index (χ1n) is 8.03. The minimum Gasteiger partial charge on any atom is -0.393 e. The van der Waals surface area contributed by atoms with Crippen LogP contribution in [0.25, 0.3) is 10.9 Å². The molecule has 1 amide bonds. The molecule has 0 unspecified atom stereocenters. The summed E-state index contributed by atoms with van der Waals surface area (Å²) in [6, 6.07) is 9.79. The summed E-state index contributed by atoms with van der Waals surface area (Å²) in [5.41, 5.74) is 2.38. The Bertz CT molecular complexity index is 856. The Hall–Kier alpha value is -2.73. The van der Waals surface area contributed by atoms with Gasteiger partial charge in [0.15, 0.2) is 0 Å². The minimum absolute atomic E-state index is 0.173. The molecule has 0 saturated heterocycles. The van der Waals surface area contributed by atoms with Crippen molar-refractivity contribution in [1.82, 2.24) is 20.5 Å². The zero-order valence-corrected chi connectivity index (χ0v) is 13.0. The Labute approximate surface area is 138 Å². The minimum atomic E-state index is -0.281. The zero-order chi connectivity index (χ0) is 16.5. The van der Waals surface area contributed by atoms with Crippen molar-refractivity contribution in [2.75, 3.05) is 0 Å². The van der Waals surface area contributed by atoms with Gasteiger partial charge in [-0.1, -0.05) is 18.2 Å². The first-order chi connectivity index (χ1) is 11.7. The topological polar surface area (TPSA) is 90.9 Å². The van der Waals surface area contributed by atoms with Crippen LogP contribution in [0.4, 0.5) is 0 Å².